The van der Waals surface area contributed by atoms with Gasteiger partial charge >= 0.3 is 6.18 Å². The molecule has 3 unspecified atom stereocenters. The molecule has 1 N–H and O–H groups in total. The monoisotopic (exact) mass is 261 g/mol. The SMILES string of the molecule is O=c1ccn(C2CC(O)CCC2C(F)(F)F)cc1. The van der Waals surface area contributed by atoms with Crippen LogP contribution in [0.3, 0.4) is 0 Å². The van der Waals surface area contributed by atoms with Gasteiger partial charge in [-0.1, -0.05) is 0 Å². The van der Waals surface area contributed by atoms with E-state index in [2.05, 4.69) is 0 Å². The highest BCUT2D eigenvalue weighted by Crippen LogP contribution is 2.43. The van der Waals surface area contributed by atoms with Crippen molar-refractivity contribution in [3.8, 4) is 0 Å². The number of hydrogen-bond donors (Lipinski definition) is 1. The third-order valence-electron chi connectivity index (χ3n) is 3.41. The lowest BCUT2D eigenvalue weighted by Crippen LogP contribution is -2.38. The van der Waals surface area contributed by atoms with Gasteiger partial charge in [-0.25, -0.2) is 0 Å². The molecule has 0 bridgehead atoms. The van der Waals surface area contributed by atoms with E-state index < -0.39 is 24.2 Å². The zero-order valence-electron chi connectivity index (χ0n) is 9.60. The van der Waals surface area contributed by atoms with E-state index in [9.17, 15) is 23.1 Å². The maximum atomic E-state index is 12.9. The molecule has 1 aliphatic rings. The number of alkyl halides is 3. The van der Waals surface area contributed by atoms with Crippen LogP contribution in [0.2, 0.25) is 0 Å². The number of rotatable bonds is 1. The van der Waals surface area contributed by atoms with E-state index in [1.807, 2.05) is 0 Å². The lowest BCUT2D eigenvalue weighted by atomic mass is 9.82. The van der Waals surface area contributed by atoms with Crippen molar-refractivity contribution in [2.75, 3.05) is 0 Å². The maximum absolute atomic E-state index is 12.9. The van der Waals surface area contributed by atoms with Gasteiger partial charge in [-0.05, 0) is 19.3 Å². The first-order chi connectivity index (χ1) is 8.38. The summed E-state index contributed by atoms with van der Waals surface area (Å²) in [6, 6.07) is 1.62. The minimum Gasteiger partial charge on any atom is -0.393 e. The second kappa shape index (κ2) is 4.76. The second-order valence-electron chi connectivity index (χ2n) is 4.66. The Morgan fingerprint density at radius 1 is 1.22 bits per heavy atom. The van der Waals surface area contributed by atoms with Gasteiger partial charge in [0.25, 0.3) is 0 Å². The highest BCUT2D eigenvalue weighted by molar-refractivity contribution is 4.98. The summed E-state index contributed by atoms with van der Waals surface area (Å²) in [5.74, 6) is -1.47. The molecule has 1 fully saturated rings. The summed E-state index contributed by atoms with van der Waals surface area (Å²) in [7, 11) is 0. The molecule has 1 aromatic rings. The van der Waals surface area contributed by atoms with Gasteiger partial charge in [-0.3, -0.25) is 4.79 Å². The molecule has 18 heavy (non-hydrogen) atoms. The fraction of sp³-hybridized carbons (Fsp3) is 0.583. The molecule has 0 radical (unpaired) electrons. The van der Waals surface area contributed by atoms with Crippen LogP contribution in [0.15, 0.2) is 29.3 Å². The largest absolute Gasteiger partial charge is 0.393 e. The third kappa shape index (κ3) is 2.75. The van der Waals surface area contributed by atoms with E-state index in [1.165, 1.54) is 29.1 Å². The van der Waals surface area contributed by atoms with E-state index in [0.29, 0.717) is 0 Å². The zero-order valence-corrected chi connectivity index (χ0v) is 9.60. The first kappa shape index (κ1) is 13.1. The molecular weight excluding hydrogens is 247 g/mol. The summed E-state index contributed by atoms with van der Waals surface area (Å²) >= 11 is 0. The van der Waals surface area contributed by atoms with Crippen LogP contribution in [0.5, 0.6) is 0 Å². The van der Waals surface area contributed by atoms with Crippen LogP contribution >= 0.6 is 0 Å². The fourth-order valence-electron chi connectivity index (χ4n) is 2.48. The molecule has 6 heteroatoms. The number of nitrogens with zero attached hydrogens (tertiary/aromatic N) is 1. The molecule has 3 nitrogen and oxygen atoms in total. The predicted octanol–water partition coefficient (Wildman–Crippen LogP) is 2.11. The van der Waals surface area contributed by atoms with Gasteiger partial charge in [0.2, 0.25) is 0 Å². The molecule has 1 heterocycles. The molecular formula is C12H14F3NO2. The Labute approximate surface area is 102 Å². The molecule has 0 aliphatic heterocycles. The van der Waals surface area contributed by atoms with Crippen LogP contribution < -0.4 is 5.43 Å². The molecule has 3 atom stereocenters. The number of hydrogen-bond acceptors (Lipinski definition) is 2. The minimum absolute atomic E-state index is 0.0625. The summed E-state index contributed by atoms with van der Waals surface area (Å²) in [5.41, 5.74) is -0.244. The summed E-state index contributed by atoms with van der Waals surface area (Å²) in [5, 5.41) is 9.54. The van der Waals surface area contributed by atoms with Crippen LogP contribution in [-0.2, 0) is 0 Å². The lowest BCUT2D eigenvalue weighted by molar-refractivity contribution is -0.198. The van der Waals surface area contributed by atoms with Crippen LogP contribution in [0, 0.1) is 5.92 Å². The van der Waals surface area contributed by atoms with Gasteiger partial charge in [-0.15, -0.1) is 0 Å². The average Bonchev–Trinajstić information content (AvgIpc) is 2.28. The Morgan fingerprint density at radius 2 is 1.83 bits per heavy atom. The number of aliphatic hydroxyl groups excluding tert-OH is 1. The Hall–Kier alpha value is -1.30. The Bertz CT molecular complexity index is 449. The molecule has 1 saturated carbocycles. The molecule has 0 spiro atoms. The van der Waals surface area contributed by atoms with Crippen LogP contribution in [0.4, 0.5) is 13.2 Å². The molecule has 0 saturated heterocycles. The number of aliphatic hydroxyl groups is 1. The highest BCUT2D eigenvalue weighted by atomic mass is 19.4. The molecule has 2 rings (SSSR count). The highest BCUT2D eigenvalue weighted by Gasteiger charge is 2.47. The summed E-state index contributed by atoms with van der Waals surface area (Å²) < 4.78 is 40.2. The normalized spacial score (nSPS) is 29.2. The van der Waals surface area contributed by atoms with Crippen molar-refractivity contribution in [1.29, 1.82) is 0 Å². The molecule has 0 amide bonds. The standard InChI is InChI=1S/C12H14F3NO2/c13-12(14,15)10-2-1-9(18)7-11(10)16-5-3-8(17)4-6-16/h3-6,9-11,18H,1-2,7H2. The number of aromatic nitrogens is 1. The third-order valence-corrected chi connectivity index (χ3v) is 3.41. The average molecular weight is 261 g/mol. The van der Waals surface area contributed by atoms with Crippen molar-refractivity contribution < 1.29 is 18.3 Å². The van der Waals surface area contributed by atoms with Crippen molar-refractivity contribution in [2.45, 2.75) is 37.6 Å². The minimum atomic E-state index is -4.28. The number of halogens is 3. The molecule has 0 aromatic carbocycles. The van der Waals surface area contributed by atoms with Crippen LogP contribution in [-0.4, -0.2) is 22.0 Å². The van der Waals surface area contributed by atoms with Crippen LogP contribution in [0.1, 0.15) is 25.3 Å². The molecule has 1 aromatic heterocycles. The zero-order chi connectivity index (χ0) is 13.3. The summed E-state index contributed by atoms with van der Waals surface area (Å²) in [6.07, 6.45) is -2.15. The smallest absolute Gasteiger partial charge is 0.393 e. The van der Waals surface area contributed by atoms with Gasteiger partial charge in [-0.2, -0.15) is 13.2 Å². The Balaban J connectivity index is 2.30. The first-order valence-corrected chi connectivity index (χ1v) is 5.80. The van der Waals surface area contributed by atoms with E-state index in [0.717, 1.165) is 0 Å². The van der Waals surface area contributed by atoms with E-state index in [4.69, 9.17) is 0 Å². The van der Waals surface area contributed by atoms with E-state index in [1.54, 1.807) is 0 Å². The Kier molecular flexibility index (Phi) is 3.47. The topological polar surface area (TPSA) is 42.2 Å². The van der Waals surface area contributed by atoms with Crippen molar-refractivity contribution in [2.24, 2.45) is 5.92 Å². The maximum Gasteiger partial charge on any atom is 0.393 e. The van der Waals surface area contributed by atoms with E-state index >= 15 is 0 Å². The fourth-order valence-corrected chi connectivity index (χ4v) is 2.48. The molecule has 1 aliphatic carbocycles. The summed E-state index contributed by atoms with van der Waals surface area (Å²) in [4.78, 5) is 11.0. The van der Waals surface area contributed by atoms with E-state index in [-0.39, 0.29) is 24.7 Å². The summed E-state index contributed by atoms with van der Waals surface area (Å²) in [6.45, 7) is 0. The van der Waals surface area contributed by atoms with Crippen LogP contribution in [0.25, 0.3) is 0 Å². The van der Waals surface area contributed by atoms with Crippen molar-refractivity contribution in [1.82, 2.24) is 4.57 Å². The van der Waals surface area contributed by atoms with Gasteiger partial charge < -0.3 is 9.67 Å². The van der Waals surface area contributed by atoms with Crippen molar-refractivity contribution in [3.05, 3.63) is 34.7 Å². The van der Waals surface area contributed by atoms with Crippen molar-refractivity contribution >= 4 is 0 Å². The molecule has 100 valence electrons. The lowest BCUT2D eigenvalue weighted by Gasteiger charge is -2.36. The first-order valence-electron chi connectivity index (χ1n) is 5.80. The van der Waals surface area contributed by atoms with Gasteiger partial charge in [0.15, 0.2) is 5.43 Å². The second-order valence-corrected chi connectivity index (χ2v) is 4.66. The van der Waals surface area contributed by atoms with Gasteiger partial charge in [0.1, 0.15) is 0 Å². The van der Waals surface area contributed by atoms with Gasteiger partial charge in [0, 0.05) is 30.6 Å². The Morgan fingerprint density at radius 3 is 2.39 bits per heavy atom. The van der Waals surface area contributed by atoms with Gasteiger partial charge in [0.05, 0.1) is 12.0 Å². The quantitative estimate of drug-likeness (QED) is 0.841. The van der Waals surface area contributed by atoms with Crippen molar-refractivity contribution in [3.63, 3.8) is 0 Å². The number of pyridine rings is 1. The predicted molar refractivity (Wildman–Crippen MR) is 59.1 cm³/mol.